The fraction of sp³-hybridized carbons (Fsp3) is 0. The van der Waals surface area contributed by atoms with Gasteiger partial charge in [0.25, 0.3) is 0 Å². The van der Waals surface area contributed by atoms with Crippen molar-refractivity contribution in [1.82, 2.24) is 19.5 Å². The van der Waals surface area contributed by atoms with Crippen LogP contribution in [0, 0.1) is 0 Å². The van der Waals surface area contributed by atoms with Crippen LogP contribution in [0.1, 0.15) is 0 Å². The number of hydrogen-bond acceptors (Lipinski definition) is 4. The molecule has 3 heterocycles. The van der Waals surface area contributed by atoms with Crippen LogP contribution in [0.5, 0.6) is 0 Å². The van der Waals surface area contributed by atoms with Gasteiger partial charge in [-0.05, 0) is 68.7 Å². The second-order valence-electron chi connectivity index (χ2n) is 14.4. The lowest BCUT2D eigenvalue weighted by atomic mass is 10.0. The van der Waals surface area contributed by atoms with E-state index in [1.165, 1.54) is 21.5 Å². The van der Waals surface area contributed by atoms with E-state index in [1.54, 1.807) is 0 Å². The maximum absolute atomic E-state index is 6.89. The van der Waals surface area contributed by atoms with E-state index in [0.29, 0.717) is 17.5 Å². The normalized spacial score (nSPS) is 11.9. The van der Waals surface area contributed by atoms with Gasteiger partial charge < -0.3 is 8.98 Å². The lowest BCUT2D eigenvalue weighted by Gasteiger charge is -2.16. The van der Waals surface area contributed by atoms with Gasteiger partial charge in [-0.1, -0.05) is 146 Å². The highest BCUT2D eigenvalue weighted by molar-refractivity contribution is 6.16. The first-order valence-corrected chi connectivity index (χ1v) is 18.9. The smallest absolute Gasteiger partial charge is 0.170 e. The van der Waals surface area contributed by atoms with E-state index in [9.17, 15) is 0 Å². The first-order valence-electron chi connectivity index (χ1n) is 18.9. The summed E-state index contributed by atoms with van der Waals surface area (Å²) < 4.78 is 9.25. The second-order valence-corrected chi connectivity index (χ2v) is 14.4. The van der Waals surface area contributed by atoms with Crippen molar-refractivity contribution in [3.63, 3.8) is 0 Å². The summed E-state index contributed by atoms with van der Waals surface area (Å²) in [5, 5.41) is 11.2. The molecule has 0 N–H and O–H groups in total. The summed E-state index contributed by atoms with van der Waals surface area (Å²) in [5.74, 6) is 1.74. The fourth-order valence-corrected chi connectivity index (χ4v) is 8.67. The lowest BCUT2D eigenvalue weighted by molar-refractivity contribution is 0.669. The zero-order chi connectivity index (χ0) is 36.7. The molecule has 5 heteroatoms. The van der Waals surface area contributed by atoms with Crippen LogP contribution in [0.25, 0.3) is 116 Å². The number of aromatic nitrogens is 4. The molecule has 0 aliphatic rings. The molecule has 0 saturated heterocycles. The van der Waals surface area contributed by atoms with Gasteiger partial charge in [0.1, 0.15) is 11.2 Å². The monoisotopic (exact) mass is 714 g/mol. The number of rotatable bonds is 4. The summed E-state index contributed by atoms with van der Waals surface area (Å²) in [6.45, 7) is 0. The van der Waals surface area contributed by atoms with Crippen molar-refractivity contribution >= 4 is 76.1 Å². The minimum Gasteiger partial charge on any atom is -0.455 e. The van der Waals surface area contributed by atoms with Crippen LogP contribution in [0.15, 0.2) is 186 Å². The third-order valence-electron chi connectivity index (χ3n) is 11.2. The van der Waals surface area contributed by atoms with E-state index in [2.05, 4.69) is 174 Å². The summed E-state index contributed by atoms with van der Waals surface area (Å²) in [7, 11) is 0. The Morgan fingerprint density at radius 1 is 0.357 bits per heavy atom. The van der Waals surface area contributed by atoms with Crippen LogP contribution >= 0.6 is 0 Å². The average Bonchev–Trinajstić information content (AvgIpc) is 3.80. The van der Waals surface area contributed by atoms with Crippen molar-refractivity contribution in [2.24, 2.45) is 0 Å². The Morgan fingerprint density at radius 2 is 0.893 bits per heavy atom. The number of nitrogens with zero attached hydrogens (tertiary/aromatic N) is 4. The van der Waals surface area contributed by atoms with Crippen molar-refractivity contribution in [2.75, 3.05) is 0 Å². The fourth-order valence-electron chi connectivity index (χ4n) is 8.67. The molecule has 260 valence electrons. The van der Waals surface area contributed by atoms with Crippen molar-refractivity contribution in [2.45, 2.75) is 0 Å². The number of furan rings is 1. The Bertz CT molecular complexity index is 3450. The molecule has 0 spiro atoms. The summed E-state index contributed by atoms with van der Waals surface area (Å²) >= 11 is 0. The molecule has 0 aliphatic carbocycles. The molecule has 12 aromatic rings. The summed E-state index contributed by atoms with van der Waals surface area (Å²) in [5.41, 5.74) is 7.34. The van der Waals surface area contributed by atoms with Crippen molar-refractivity contribution < 1.29 is 4.42 Å². The molecule has 12 rings (SSSR count). The van der Waals surface area contributed by atoms with Gasteiger partial charge in [0.2, 0.25) is 0 Å². The highest BCUT2D eigenvalue weighted by Gasteiger charge is 2.25. The molecule has 0 fully saturated rings. The third kappa shape index (κ3) is 4.58. The molecule has 0 radical (unpaired) electrons. The first kappa shape index (κ1) is 30.8. The Balaban J connectivity index is 1.25. The number of fused-ring (bicyclic) bond motifs is 9. The summed E-state index contributed by atoms with van der Waals surface area (Å²) in [6.07, 6.45) is 0. The maximum atomic E-state index is 6.89. The predicted molar refractivity (Wildman–Crippen MR) is 230 cm³/mol. The molecular weight excluding hydrogens is 685 g/mol. The molecule has 0 atom stereocenters. The molecule has 0 unspecified atom stereocenters. The highest BCUT2D eigenvalue weighted by atomic mass is 16.3. The molecular formula is C51H30N4O. The molecule has 5 nitrogen and oxygen atoms in total. The van der Waals surface area contributed by atoms with Crippen LogP contribution in [0.3, 0.4) is 0 Å². The maximum Gasteiger partial charge on any atom is 0.170 e. The quantitative estimate of drug-likeness (QED) is 0.182. The van der Waals surface area contributed by atoms with Crippen LogP contribution in [-0.2, 0) is 0 Å². The van der Waals surface area contributed by atoms with Crippen molar-refractivity contribution in [3.8, 4) is 39.9 Å². The second kappa shape index (κ2) is 11.9. The van der Waals surface area contributed by atoms with E-state index < -0.39 is 0 Å². The van der Waals surface area contributed by atoms with Gasteiger partial charge in [-0.3, -0.25) is 0 Å². The zero-order valence-corrected chi connectivity index (χ0v) is 30.0. The molecule has 0 aliphatic heterocycles. The van der Waals surface area contributed by atoms with E-state index >= 15 is 0 Å². The SMILES string of the molecule is c1ccc2cc3c(cc2c1)c1ccccc1n3-c1ccc2c(oc3ccccc32)c1-c1nc(-c2cccc3ccccc23)nc(-c2cccc3ccccc23)n1. The van der Waals surface area contributed by atoms with Gasteiger partial charge in [0.05, 0.1) is 22.3 Å². The molecule has 9 aromatic carbocycles. The highest BCUT2D eigenvalue weighted by Crippen LogP contribution is 2.43. The molecule has 56 heavy (non-hydrogen) atoms. The molecule has 0 bridgehead atoms. The Hall–Kier alpha value is -7.63. The van der Waals surface area contributed by atoms with E-state index in [0.717, 1.165) is 76.9 Å². The molecule has 0 amide bonds. The Kier molecular flexibility index (Phi) is 6.56. The lowest BCUT2D eigenvalue weighted by Crippen LogP contribution is -2.04. The Morgan fingerprint density at radius 3 is 1.59 bits per heavy atom. The van der Waals surface area contributed by atoms with Crippen molar-refractivity contribution in [3.05, 3.63) is 182 Å². The standard InChI is InChI=1S/C51H30N4O/c1-2-16-34-30-45-42(29-33(34)15-1)37-21-7-9-25-43(37)55(45)44-28-27-39-38-22-8-10-26-46(38)56-48(39)47(44)51-53-49(40-23-11-17-31-13-3-5-19-35(31)40)52-50(54-51)41-24-12-18-32-14-4-6-20-36(32)41/h1-30H. The first-order chi connectivity index (χ1) is 27.8. The van der Waals surface area contributed by atoms with Crippen LogP contribution in [0.4, 0.5) is 0 Å². The van der Waals surface area contributed by atoms with Crippen LogP contribution in [-0.4, -0.2) is 19.5 Å². The molecule has 3 aromatic heterocycles. The summed E-state index contributed by atoms with van der Waals surface area (Å²) in [4.78, 5) is 16.2. The average molecular weight is 715 g/mol. The number of hydrogen-bond donors (Lipinski definition) is 0. The van der Waals surface area contributed by atoms with Gasteiger partial charge in [0.15, 0.2) is 17.5 Å². The van der Waals surface area contributed by atoms with E-state index in [4.69, 9.17) is 19.4 Å². The minimum atomic E-state index is 0.539. The topological polar surface area (TPSA) is 56.7 Å². The predicted octanol–water partition coefficient (Wildman–Crippen LogP) is 13.3. The van der Waals surface area contributed by atoms with Gasteiger partial charge in [0, 0.05) is 32.7 Å². The largest absolute Gasteiger partial charge is 0.455 e. The molecule has 0 saturated carbocycles. The Labute approximate surface area is 320 Å². The van der Waals surface area contributed by atoms with Gasteiger partial charge in [-0.25, -0.2) is 15.0 Å². The minimum absolute atomic E-state index is 0.539. The van der Waals surface area contributed by atoms with Crippen LogP contribution in [0.2, 0.25) is 0 Å². The van der Waals surface area contributed by atoms with Crippen molar-refractivity contribution in [1.29, 1.82) is 0 Å². The zero-order valence-electron chi connectivity index (χ0n) is 30.0. The third-order valence-corrected chi connectivity index (χ3v) is 11.2. The van der Waals surface area contributed by atoms with Crippen LogP contribution < -0.4 is 0 Å². The van der Waals surface area contributed by atoms with E-state index in [-0.39, 0.29) is 0 Å². The van der Waals surface area contributed by atoms with Gasteiger partial charge in [-0.15, -0.1) is 0 Å². The van der Waals surface area contributed by atoms with Gasteiger partial charge in [-0.2, -0.15) is 0 Å². The number of benzene rings is 9. The summed E-state index contributed by atoms with van der Waals surface area (Å²) in [6, 6.07) is 63.8. The van der Waals surface area contributed by atoms with E-state index in [1.807, 2.05) is 12.1 Å². The van der Waals surface area contributed by atoms with Gasteiger partial charge >= 0.3 is 0 Å². The number of para-hydroxylation sites is 2.